The van der Waals surface area contributed by atoms with Gasteiger partial charge in [-0.25, -0.2) is 4.79 Å². The Labute approximate surface area is 158 Å². The van der Waals surface area contributed by atoms with Gasteiger partial charge in [0.2, 0.25) is 5.91 Å². The summed E-state index contributed by atoms with van der Waals surface area (Å²) in [5, 5.41) is 22.2. The number of piperidine rings is 1. The van der Waals surface area contributed by atoms with Crippen molar-refractivity contribution in [1.29, 1.82) is 0 Å². The summed E-state index contributed by atoms with van der Waals surface area (Å²) in [5.41, 5.74) is 1.20. The zero-order valence-corrected chi connectivity index (χ0v) is 16.1. The van der Waals surface area contributed by atoms with E-state index in [2.05, 4.69) is 17.1 Å². The summed E-state index contributed by atoms with van der Waals surface area (Å²) in [5.74, 6) is -0.564. The zero-order valence-electron chi connectivity index (χ0n) is 15.3. The van der Waals surface area contributed by atoms with Crippen molar-refractivity contribution >= 4 is 28.2 Å². The van der Waals surface area contributed by atoms with Crippen LogP contribution in [0.4, 0.5) is 5.00 Å². The number of carbonyl (C=O) groups excluding carboxylic acids is 1. The third-order valence-corrected chi connectivity index (χ3v) is 6.71. The molecule has 1 aromatic heterocycles. The van der Waals surface area contributed by atoms with Gasteiger partial charge in [0, 0.05) is 17.5 Å². The topological polar surface area (TPSA) is 89.9 Å². The molecule has 0 aromatic carbocycles. The Balaban J connectivity index is 1.72. The van der Waals surface area contributed by atoms with Gasteiger partial charge < -0.3 is 15.5 Å². The van der Waals surface area contributed by atoms with Crippen LogP contribution < -0.4 is 5.32 Å². The number of rotatable bonds is 6. The number of amides is 1. The first-order valence-electron chi connectivity index (χ1n) is 9.52. The van der Waals surface area contributed by atoms with E-state index in [1.807, 2.05) is 0 Å². The Kier molecular flexibility index (Phi) is 6.32. The number of fused-ring (bicyclic) bond motifs is 1. The fourth-order valence-electron chi connectivity index (χ4n) is 4.16. The second-order valence-corrected chi connectivity index (χ2v) is 8.65. The number of hydrogen-bond acceptors (Lipinski definition) is 5. The molecule has 2 atom stereocenters. The smallest absolute Gasteiger partial charge is 0.339 e. The average Bonchev–Trinajstić information content (AvgIpc) is 2.93. The van der Waals surface area contributed by atoms with Crippen LogP contribution in [0.25, 0.3) is 0 Å². The summed E-state index contributed by atoms with van der Waals surface area (Å²) >= 11 is 1.42. The SMILES string of the molecule is CC1CCc2c(sc(NC(=O)CN3CCCCC3CCO)c2C(=O)O)C1. The van der Waals surface area contributed by atoms with Gasteiger partial charge in [0.1, 0.15) is 5.00 Å². The standard InChI is InChI=1S/C19H28N2O4S/c1-12-5-6-14-15(10-12)26-18(17(14)19(24)25)20-16(23)11-21-8-3-2-4-13(21)7-9-22/h12-13,22H,2-11H2,1H3,(H,20,23)(H,24,25). The predicted molar refractivity (Wildman–Crippen MR) is 102 cm³/mol. The molecule has 1 aliphatic heterocycles. The van der Waals surface area contributed by atoms with Crippen molar-refractivity contribution in [2.24, 2.45) is 5.92 Å². The highest BCUT2D eigenvalue weighted by atomic mass is 32.1. The maximum Gasteiger partial charge on any atom is 0.339 e. The summed E-state index contributed by atoms with van der Waals surface area (Å²) in [4.78, 5) is 27.6. The van der Waals surface area contributed by atoms with Crippen LogP contribution >= 0.6 is 11.3 Å². The van der Waals surface area contributed by atoms with Gasteiger partial charge in [-0.3, -0.25) is 9.69 Å². The molecule has 3 rings (SSSR count). The Morgan fingerprint density at radius 2 is 2.12 bits per heavy atom. The number of carbonyl (C=O) groups is 2. The number of thiophene rings is 1. The van der Waals surface area contributed by atoms with Crippen molar-refractivity contribution in [2.45, 2.75) is 57.9 Å². The van der Waals surface area contributed by atoms with Gasteiger partial charge in [0.15, 0.2) is 0 Å². The predicted octanol–water partition coefficient (Wildman–Crippen LogP) is 2.75. The number of carboxylic acid groups (broad SMARTS) is 1. The number of aromatic carboxylic acids is 1. The first-order chi connectivity index (χ1) is 12.5. The van der Waals surface area contributed by atoms with Gasteiger partial charge in [-0.05, 0) is 56.6 Å². The molecule has 7 heteroatoms. The second kappa shape index (κ2) is 8.50. The van der Waals surface area contributed by atoms with Gasteiger partial charge in [-0.2, -0.15) is 0 Å². The van der Waals surface area contributed by atoms with E-state index < -0.39 is 5.97 Å². The molecular formula is C19H28N2O4S. The van der Waals surface area contributed by atoms with Crippen LogP contribution in [0.5, 0.6) is 0 Å². The highest BCUT2D eigenvalue weighted by Gasteiger charge is 2.29. The minimum absolute atomic E-state index is 0.127. The highest BCUT2D eigenvalue weighted by Crippen LogP contribution is 2.39. The van der Waals surface area contributed by atoms with Crippen molar-refractivity contribution in [3.8, 4) is 0 Å². The van der Waals surface area contributed by atoms with Crippen molar-refractivity contribution in [2.75, 3.05) is 25.0 Å². The molecule has 144 valence electrons. The van der Waals surface area contributed by atoms with Gasteiger partial charge in [0.25, 0.3) is 0 Å². The van der Waals surface area contributed by atoms with Crippen LogP contribution in [-0.2, 0) is 17.6 Å². The van der Waals surface area contributed by atoms with Gasteiger partial charge in [-0.15, -0.1) is 11.3 Å². The Morgan fingerprint density at radius 3 is 2.85 bits per heavy atom. The van der Waals surface area contributed by atoms with Gasteiger partial charge in [-0.1, -0.05) is 13.3 Å². The first-order valence-corrected chi connectivity index (χ1v) is 10.3. The molecule has 26 heavy (non-hydrogen) atoms. The molecule has 0 saturated carbocycles. The van der Waals surface area contributed by atoms with E-state index in [1.54, 1.807) is 0 Å². The fourth-order valence-corrected chi connectivity index (χ4v) is 5.58. The Morgan fingerprint density at radius 1 is 1.31 bits per heavy atom. The molecule has 1 aliphatic carbocycles. The number of aliphatic hydroxyl groups is 1. The average molecular weight is 381 g/mol. The van der Waals surface area contributed by atoms with Crippen molar-refractivity contribution in [1.82, 2.24) is 4.90 Å². The highest BCUT2D eigenvalue weighted by molar-refractivity contribution is 7.17. The molecule has 6 nitrogen and oxygen atoms in total. The van der Waals surface area contributed by atoms with Crippen molar-refractivity contribution < 1.29 is 19.8 Å². The lowest BCUT2D eigenvalue weighted by Gasteiger charge is -2.34. The number of aliphatic hydroxyl groups excluding tert-OH is 1. The quantitative estimate of drug-likeness (QED) is 0.706. The molecule has 2 heterocycles. The van der Waals surface area contributed by atoms with Crippen LogP contribution in [0, 0.1) is 5.92 Å². The Hall–Kier alpha value is -1.44. The van der Waals surface area contributed by atoms with Crippen LogP contribution in [0.3, 0.4) is 0 Å². The molecule has 3 N–H and O–H groups in total. The van der Waals surface area contributed by atoms with E-state index in [9.17, 15) is 19.8 Å². The minimum atomic E-state index is -0.955. The van der Waals surface area contributed by atoms with E-state index in [-0.39, 0.29) is 30.7 Å². The summed E-state index contributed by atoms with van der Waals surface area (Å²) in [6.45, 7) is 3.41. The minimum Gasteiger partial charge on any atom is -0.478 e. The monoisotopic (exact) mass is 380 g/mol. The number of anilines is 1. The third kappa shape index (κ3) is 4.27. The van der Waals surface area contributed by atoms with Crippen LogP contribution in [0.1, 0.15) is 59.8 Å². The number of nitrogens with one attached hydrogen (secondary N) is 1. The molecule has 1 saturated heterocycles. The number of nitrogens with zero attached hydrogens (tertiary/aromatic N) is 1. The molecular weight excluding hydrogens is 352 g/mol. The number of hydrogen-bond donors (Lipinski definition) is 3. The van der Waals surface area contributed by atoms with Gasteiger partial charge in [0.05, 0.1) is 12.1 Å². The van der Waals surface area contributed by atoms with E-state index in [4.69, 9.17) is 0 Å². The summed E-state index contributed by atoms with van der Waals surface area (Å²) in [6.07, 6.45) is 6.52. The lowest BCUT2D eigenvalue weighted by Crippen LogP contribution is -2.44. The molecule has 1 fully saturated rings. The molecule has 1 aromatic rings. The van der Waals surface area contributed by atoms with Gasteiger partial charge >= 0.3 is 5.97 Å². The summed E-state index contributed by atoms with van der Waals surface area (Å²) in [6, 6.07) is 0.232. The molecule has 1 amide bonds. The molecule has 0 spiro atoms. The van der Waals surface area contributed by atoms with Crippen LogP contribution in [0.15, 0.2) is 0 Å². The van der Waals surface area contributed by atoms with Crippen LogP contribution in [0.2, 0.25) is 0 Å². The summed E-state index contributed by atoms with van der Waals surface area (Å²) < 4.78 is 0. The molecule has 0 radical (unpaired) electrons. The van der Waals surface area contributed by atoms with E-state index >= 15 is 0 Å². The maximum absolute atomic E-state index is 12.6. The second-order valence-electron chi connectivity index (χ2n) is 7.54. The summed E-state index contributed by atoms with van der Waals surface area (Å²) in [7, 11) is 0. The van der Waals surface area contributed by atoms with E-state index in [0.717, 1.165) is 55.5 Å². The molecule has 2 aliphatic rings. The third-order valence-electron chi connectivity index (χ3n) is 5.54. The number of likely N-dealkylation sites (tertiary alicyclic amines) is 1. The molecule has 2 unspecified atom stereocenters. The van der Waals surface area contributed by atoms with Crippen molar-refractivity contribution in [3.05, 3.63) is 16.0 Å². The first kappa shape index (κ1) is 19.3. The fraction of sp³-hybridized carbons (Fsp3) is 0.684. The number of carboxylic acids is 1. The normalized spacial score (nSPS) is 23.5. The Bertz CT molecular complexity index is 671. The van der Waals surface area contributed by atoms with Crippen molar-refractivity contribution in [3.63, 3.8) is 0 Å². The lowest BCUT2D eigenvalue weighted by atomic mass is 9.88. The molecule has 0 bridgehead atoms. The lowest BCUT2D eigenvalue weighted by molar-refractivity contribution is -0.118. The van der Waals surface area contributed by atoms with E-state index in [0.29, 0.717) is 17.3 Å². The van der Waals surface area contributed by atoms with Crippen LogP contribution in [-0.4, -0.2) is 52.7 Å². The maximum atomic E-state index is 12.6. The largest absolute Gasteiger partial charge is 0.478 e. The van der Waals surface area contributed by atoms with E-state index in [1.165, 1.54) is 11.3 Å². The zero-order chi connectivity index (χ0) is 18.7.